The zero-order valence-electron chi connectivity index (χ0n) is 14.2. The van der Waals surface area contributed by atoms with Crippen molar-refractivity contribution in [2.75, 3.05) is 0 Å². The van der Waals surface area contributed by atoms with Crippen molar-refractivity contribution in [3.63, 3.8) is 0 Å². The Balaban J connectivity index is 1.81. The number of rotatable bonds is 5. The summed E-state index contributed by atoms with van der Waals surface area (Å²) >= 11 is 0. The van der Waals surface area contributed by atoms with Crippen LogP contribution in [0.25, 0.3) is 22.4 Å². The molecule has 0 aliphatic rings. The van der Waals surface area contributed by atoms with Gasteiger partial charge in [-0.25, -0.2) is 9.67 Å². The van der Waals surface area contributed by atoms with Crippen LogP contribution in [0.15, 0.2) is 42.5 Å². The second-order valence-electron chi connectivity index (χ2n) is 6.13. The number of para-hydroxylation sites is 1. The third-order valence-electron chi connectivity index (χ3n) is 4.09. The lowest BCUT2D eigenvalue weighted by molar-refractivity contribution is -0.117. The highest BCUT2D eigenvalue weighted by atomic mass is 16.1. The number of nitrogens with zero attached hydrogens (tertiary/aromatic N) is 5. The van der Waals surface area contributed by atoms with E-state index < -0.39 is 5.91 Å². The first-order valence-electron chi connectivity index (χ1n) is 8.17. The lowest BCUT2D eigenvalue weighted by Crippen LogP contribution is -2.15. The van der Waals surface area contributed by atoms with Gasteiger partial charge in [-0.2, -0.15) is 20.5 Å². The van der Waals surface area contributed by atoms with Crippen LogP contribution in [0, 0.1) is 6.92 Å². The van der Waals surface area contributed by atoms with E-state index in [1.807, 2.05) is 37.3 Å². The van der Waals surface area contributed by atoms with Crippen LogP contribution in [-0.2, 0) is 17.8 Å². The molecule has 4 rings (SSSR count). The Hall–Kier alpha value is -3.55. The molecular formula is C18H17N7O. The number of carbonyl (C=O) groups is 1. The summed E-state index contributed by atoms with van der Waals surface area (Å²) in [5, 5.41) is 15.4. The van der Waals surface area contributed by atoms with E-state index in [4.69, 9.17) is 5.73 Å². The molecule has 26 heavy (non-hydrogen) atoms. The number of amides is 1. The maximum atomic E-state index is 11.3. The van der Waals surface area contributed by atoms with Crippen molar-refractivity contribution < 1.29 is 4.79 Å². The van der Waals surface area contributed by atoms with Gasteiger partial charge in [0.1, 0.15) is 11.0 Å². The van der Waals surface area contributed by atoms with Gasteiger partial charge in [0.25, 0.3) is 0 Å². The van der Waals surface area contributed by atoms with Crippen LogP contribution in [0.4, 0.5) is 0 Å². The quantitative estimate of drug-likeness (QED) is 0.569. The predicted octanol–water partition coefficient (Wildman–Crippen LogP) is 1.60. The van der Waals surface area contributed by atoms with Crippen LogP contribution in [0.3, 0.4) is 0 Å². The molecule has 0 saturated carbocycles. The molecule has 4 aromatic rings. The number of aromatic nitrogens is 6. The van der Waals surface area contributed by atoms with Crippen molar-refractivity contribution in [1.29, 1.82) is 0 Å². The van der Waals surface area contributed by atoms with Crippen molar-refractivity contribution in [1.82, 2.24) is 30.2 Å². The van der Waals surface area contributed by atoms with Gasteiger partial charge in [-0.1, -0.05) is 35.9 Å². The molecule has 2 aromatic carbocycles. The number of carbonyl (C=O) groups excluding carboxylic acids is 1. The molecule has 8 heteroatoms. The number of benzene rings is 2. The fraction of sp³-hybridized carbons (Fsp3) is 0.167. The number of aromatic amines is 1. The first kappa shape index (κ1) is 15.9. The number of hydrogen-bond donors (Lipinski definition) is 2. The van der Waals surface area contributed by atoms with E-state index in [1.165, 1.54) is 5.56 Å². The van der Waals surface area contributed by atoms with Gasteiger partial charge in [0.15, 0.2) is 11.6 Å². The number of aryl methyl sites for hydroxylation is 1. The van der Waals surface area contributed by atoms with Gasteiger partial charge < -0.3 is 5.73 Å². The summed E-state index contributed by atoms with van der Waals surface area (Å²) in [6.45, 7) is 2.57. The number of nitrogens with two attached hydrogens (primary N) is 1. The highest BCUT2D eigenvalue weighted by Crippen LogP contribution is 2.25. The van der Waals surface area contributed by atoms with Gasteiger partial charge >= 0.3 is 0 Å². The summed E-state index contributed by atoms with van der Waals surface area (Å²) in [7, 11) is 0. The van der Waals surface area contributed by atoms with E-state index in [1.54, 1.807) is 4.68 Å². The molecule has 1 amide bonds. The largest absolute Gasteiger partial charge is 0.369 e. The van der Waals surface area contributed by atoms with E-state index in [-0.39, 0.29) is 6.42 Å². The van der Waals surface area contributed by atoms with Gasteiger partial charge in [-0.15, -0.1) is 0 Å². The highest BCUT2D eigenvalue weighted by Gasteiger charge is 2.17. The van der Waals surface area contributed by atoms with Crippen molar-refractivity contribution >= 4 is 16.9 Å². The molecule has 2 aromatic heterocycles. The maximum Gasteiger partial charge on any atom is 0.225 e. The fourth-order valence-electron chi connectivity index (χ4n) is 2.84. The molecule has 0 fully saturated rings. The minimum Gasteiger partial charge on any atom is -0.369 e. The highest BCUT2D eigenvalue weighted by molar-refractivity contribution is 5.89. The van der Waals surface area contributed by atoms with Gasteiger partial charge in [0, 0.05) is 5.56 Å². The van der Waals surface area contributed by atoms with E-state index in [0.717, 1.165) is 16.6 Å². The summed E-state index contributed by atoms with van der Waals surface area (Å²) in [6.07, 6.45) is -0.0112. The second-order valence-corrected chi connectivity index (χ2v) is 6.13. The van der Waals surface area contributed by atoms with Crippen LogP contribution in [-0.4, -0.2) is 36.1 Å². The summed E-state index contributed by atoms with van der Waals surface area (Å²) in [4.78, 5) is 15.8. The second kappa shape index (κ2) is 6.40. The topological polar surface area (TPSA) is 115 Å². The molecule has 0 spiro atoms. The number of primary amides is 1. The van der Waals surface area contributed by atoms with Gasteiger partial charge in [-0.3, -0.25) is 4.79 Å². The molecular weight excluding hydrogens is 330 g/mol. The Morgan fingerprint density at radius 1 is 1.15 bits per heavy atom. The molecule has 0 unspecified atom stereocenters. The standard InChI is InChI=1S/C18H17N7O/c1-11-5-7-12(8-6-11)10-25-18(20-16(23-25)9-15(19)26)13-3-2-4-14-17(13)22-24-21-14/h2-8H,9-10H2,1H3,(H2,19,26)(H,21,22,24). The van der Waals surface area contributed by atoms with Crippen LogP contribution < -0.4 is 5.73 Å². The van der Waals surface area contributed by atoms with Crippen molar-refractivity contribution in [2.45, 2.75) is 19.9 Å². The predicted molar refractivity (Wildman–Crippen MR) is 96.1 cm³/mol. The third kappa shape index (κ3) is 3.04. The molecule has 0 radical (unpaired) electrons. The van der Waals surface area contributed by atoms with E-state index in [0.29, 0.717) is 23.7 Å². The third-order valence-corrected chi connectivity index (χ3v) is 4.09. The van der Waals surface area contributed by atoms with Crippen LogP contribution >= 0.6 is 0 Å². The van der Waals surface area contributed by atoms with Gasteiger partial charge in [0.2, 0.25) is 5.91 Å². The molecule has 8 nitrogen and oxygen atoms in total. The average Bonchev–Trinajstić information content (AvgIpc) is 3.23. The zero-order chi connectivity index (χ0) is 18.1. The summed E-state index contributed by atoms with van der Waals surface area (Å²) in [5.74, 6) is 0.546. The lowest BCUT2D eigenvalue weighted by Gasteiger charge is -2.07. The Kier molecular flexibility index (Phi) is 3.92. The van der Waals surface area contributed by atoms with E-state index in [9.17, 15) is 4.79 Å². The Morgan fingerprint density at radius 2 is 1.96 bits per heavy atom. The van der Waals surface area contributed by atoms with Gasteiger partial charge in [-0.05, 0) is 24.6 Å². The molecule has 0 aliphatic carbocycles. The van der Waals surface area contributed by atoms with E-state index >= 15 is 0 Å². The first-order valence-corrected chi connectivity index (χ1v) is 8.17. The average molecular weight is 347 g/mol. The summed E-state index contributed by atoms with van der Waals surface area (Å²) in [5.41, 5.74) is 9.82. The number of hydrogen-bond acceptors (Lipinski definition) is 5. The minimum absolute atomic E-state index is 0.0112. The Bertz CT molecular complexity index is 1080. The van der Waals surface area contributed by atoms with Gasteiger partial charge in [0.05, 0.1) is 13.0 Å². The maximum absolute atomic E-state index is 11.3. The van der Waals surface area contributed by atoms with E-state index in [2.05, 4.69) is 37.6 Å². The molecule has 0 atom stereocenters. The molecule has 130 valence electrons. The number of fused-ring (bicyclic) bond motifs is 1. The summed E-state index contributed by atoms with van der Waals surface area (Å²) < 4.78 is 1.77. The van der Waals surface area contributed by atoms with Crippen molar-refractivity contribution in [3.05, 3.63) is 59.4 Å². The molecule has 0 saturated heterocycles. The number of nitrogens with one attached hydrogen (secondary N) is 1. The first-order chi connectivity index (χ1) is 12.6. The zero-order valence-corrected chi connectivity index (χ0v) is 14.2. The Labute approximate surface area is 149 Å². The van der Waals surface area contributed by atoms with Crippen LogP contribution in [0.1, 0.15) is 17.0 Å². The lowest BCUT2D eigenvalue weighted by atomic mass is 10.1. The molecule has 2 heterocycles. The fourth-order valence-corrected chi connectivity index (χ4v) is 2.84. The van der Waals surface area contributed by atoms with Crippen LogP contribution in [0.5, 0.6) is 0 Å². The molecule has 3 N–H and O–H groups in total. The smallest absolute Gasteiger partial charge is 0.225 e. The van der Waals surface area contributed by atoms with Crippen molar-refractivity contribution in [2.24, 2.45) is 5.73 Å². The normalized spacial score (nSPS) is 11.1. The van der Waals surface area contributed by atoms with Crippen molar-refractivity contribution in [3.8, 4) is 11.4 Å². The summed E-state index contributed by atoms with van der Waals surface area (Å²) in [6, 6.07) is 13.9. The van der Waals surface area contributed by atoms with Crippen LogP contribution in [0.2, 0.25) is 0 Å². The molecule has 0 aliphatic heterocycles. The molecule has 0 bridgehead atoms. The minimum atomic E-state index is -0.469. The SMILES string of the molecule is Cc1ccc(Cn2nc(CC(N)=O)nc2-c2cccc3n[nH]nc23)cc1. The Morgan fingerprint density at radius 3 is 2.73 bits per heavy atom. The monoisotopic (exact) mass is 347 g/mol. The number of H-pyrrole nitrogens is 1.